The first kappa shape index (κ1) is 10.7. The van der Waals surface area contributed by atoms with Crippen LogP contribution < -0.4 is 0 Å². The minimum absolute atomic E-state index is 0.399. The van der Waals surface area contributed by atoms with E-state index in [1.54, 1.807) is 0 Å². The molecule has 0 unspecified atom stereocenters. The van der Waals surface area contributed by atoms with Gasteiger partial charge in [-0.1, -0.05) is 19.3 Å². The summed E-state index contributed by atoms with van der Waals surface area (Å²) in [6, 6.07) is 0. The van der Waals surface area contributed by atoms with Crippen LogP contribution in [0.2, 0.25) is 0 Å². The minimum atomic E-state index is -0.936. The van der Waals surface area contributed by atoms with Crippen LogP contribution in [0.1, 0.15) is 56.7 Å². The second-order valence-electron chi connectivity index (χ2n) is 5.11. The molecule has 3 rings (SSSR count). The van der Waals surface area contributed by atoms with Crippen molar-refractivity contribution in [3.05, 3.63) is 5.82 Å². The fourth-order valence-corrected chi connectivity index (χ4v) is 2.70. The summed E-state index contributed by atoms with van der Waals surface area (Å²) in [5.41, 5.74) is -0.936. The monoisotopic (exact) mass is 236 g/mol. The molecule has 1 heterocycles. The van der Waals surface area contributed by atoms with E-state index in [-0.39, 0.29) is 0 Å². The third kappa shape index (κ3) is 1.54. The molecule has 6 nitrogen and oxygen atoms in total. The van der Waals surface area contributed by atoms with Gasteiger partial charge in [0.25, 0.3) is 0 Å². The van der Waals surface area contributed by atoms with Crippen LogP contribution in [0.15, 0.2) is 0 Å². The lowest BCUT2D eigenvalue weighted by molar-refractivity contribution is -0.148. The van der Waals surface area contributed by atoms with Crippen molar-refractivity contribution >= 4 is 5.97 Å². The molecular weight excluding hydrogens is 220 g/mol. The average molecular weight is 236 g/mol. The Morgan fingerprint density at radius 2 is 2.00 bits per heavy atom. The zero-order valence-electron chi connectivity index (χ0n) is 9.67. The van der Waals surface area contributed by atoms with E-state index in [0.29, 0.717) is 18.8 Å². The van der Waals surface area contributed by atoms with Crippen LogP contribution >= 0.6 is 0 Å². The number of tetrazole rings is 1. The highest BCUT2D eigenvalue weighted by molar-refractivity contribution is 5.76. The minimum Gasteiger partial charge on any atom is -0.479 e. The Hall–Kier alpha value is -1.46. The number of carboxylic acid groups (broad SMARTS) is 1. The Kier molecular flexibility index (Phi) is 2.38. The summed E-state index contributed by atoms with van der Waals surface area (Å²) in [6.45, 7) is 0. The first-order valence-electron chi connectivity index (χ1n) is 6.26. The molecule has 2 aliphatic rings. The van der Waals surface area contributed by atoms with E-state index in [0.717, 1.165) is 31.5 Å². The van der Waals surface area contributed by atoms with Gasteiger partial charge >= 0.3 is 5.97 Å². The first-order valence-corrected chi connectivity index (χ1v) is 6.26. The largest absolute Gasteiger partial charge is 0.479 e. The second-order valence-corrected chi connectivity index (χ2v) is 5.11. The van der Waals surface area contributed by atoms with Crippen LogP contribution in [0.4, 0.5) is 0 Å². The maximum atomic E-state index is 11.5. The molecule has 0 aromatic carbocycles. The molecule has 2 saturated carbocycles. The van der Waals surface area contributed by atoms with Gasteiger partial charge in [0.2, 0.25) is 0 Å². The van der Waals surface area contributed by atoms with E-state index in [4.69, 9.17) is 0 Å². The fourth-order valence-electron chi connectivity index (χ4n) is 2.70. The van der Waals surface area contributed by atoms with Crippen molar-refractivity contribution in [2.45, 2.75) is 56.4 Å². The molecule has 2 fully saturated rings. The van der Waals surface area contributed by atoms with Crippen LogP contribution in [0.25, 0.3) is 0 Å². The molecule has 1 N–H and O–H groups in total. The highest BCUT2D eigenvalue weighted by Gasteiger charge is 2.46. The van der Waals surface area contributed by atoms with Gasteiger partial charge in [-0.05, 0) is 30.9 Å². The number of carboxylic acids is 1. The third-order valence-corrected chi connectivity index (χ3v) is 4.11. The molecule has 1 aromatic heterocycles. The van der Waals surface area contributed by atoms with Crippen LogP contribution in [0.5, 0.6) is 0 Å². The van der Waals surface area contributed by atoms with Crippen molar-refractivity contribution < 1.29 is 9.90 Å². The summed E-state index contributed by atoms with van der Waals surface area (Å²) < 4.78 is 0. The number of rotatable bonds is 3. The van der Waals surface area contributed by atoms with E-state index < -0.39 is 11.5 Å². The maximum absolute atomic E-state index is 11.5. The Morgan fingerprint density at radius 1 is 1.29 bits per heavy atom. The molecule has 1 aromatic rings. The molecule has 0 atom stereocenters. The maximum Gasteiger partial charge on any atom is 0.333 e. The predicted molar refractivity (Wildman–Crippen MR) is 58.5 cm³/mol. The lowest BCUT2D eigenvalue weighted by Crippen LogP contribution is -2.41. The van der Waals surface area contributed by atoms with Gasteiger partial charge < -0.3 is 5.11 Å². The highest BCUT2D eigenvalue weighted by atomic mass is 16.4. The SMILES string of the molecule is O=C(O)C1(n2nnc(C3CCC3)n2)CCCC1. The molecule has 0 radical (unpaired) electrons. The molecule has 6 heteroatoms. The van der Waals surface area contributed by atoms with Gasteiger partial charge in [-0.15, -0.1) is 15.0 Å². The fraction of sp³-hybridized carbons (Fsp3) is 0.818. The van der Waals surface area contributed by atoms with Gasteiger partial charge in [0.15, 0.2) is 11.4 Å². The molecule has 0 bridgehead atoms. The van der Waals surface area contributed by atoms with Gasteiger partial charge in [0.05, 0.1) is 0 Å². The van der Waals surface area contributed by atoms with Crippen molar-refractivity contribution in [2.24, 2.45) is 0 Å². The first-order chi connectivity index (χ1) is 8.22. The van der Waals surface area contributed by atoms with E-state index in [1.165, 1.54) is 11.2 Å². The number of hydrogen-bond donors (Lipinski definition) is 1. The highest BCUT2D eigenvalue weighted by Crippen LogP contribution is 2.37. The quantitative estimate of drug-likeness (QED) is 0.855. The molecule has 0 aliphatic heterocycles. The molecular formula is C11H16N4O2. The van der Waals surface area contributed by atoms with Crippen molar-refractivity contribution in [1.29, 1.82) is 0 Å². The second kappa shape index (κ2) is 3.78. The van der Waals surface area contributed by atoms with Crippen molar-refractivity contribution in [3.8, 4) is 0 Å². The Morgan fingerprint density at radius 3 is 2.53 bits per heavy atom. The van der Waals surface area contributed by atoms with Gasteiger partial charge in [-0.3, -0.25) is 0 Å². The topological polar surface area (TPSA) is 80.9 Å². The lowest BCUT2D eigenvalue weighted by atomic mass is 9.85. The molecule has 0 saturated heterocycles. The lowest BCUT2D eigenvalue weighted by Gasteiger charge is -2.23. The van der Waals surface area contributed by atoms with E-state index >= 15 is 0 Å². The standard InChI is InChI=1S/C11H16N4O2/c16-10(17)11(6-1-2-7-11)15-13-9(12-14-15)8-4-3-5-8/h8H,1-7H2,(H,16,17). The predicted octanol–water partition coefficient (Wildman–Crippen LogP) is 1.29. The van der Waals surface area contributed by atoms with Gasteiger partial charge in [0.1, 0.15) is 0 Å². The molecule has 17 heavy (non-hydrogen) atoms. The van der Waals surface area contributed by atoms with Crippen molar-refractivity contribution in [2.75, 3.05) is 0 Å². The summed E-state index contributed by atoms with van der Waals surface area (Å²) in [5.74, 6) is 0.298. The van der Waals surface area contributed by atoms with Gasteiger partial charge in [0, 0.05) is 5.92 Å². The number of hydrogen-bond acceptors (Lipinski definition) is 4. The number of carbonyl (C=O) groups is 1. The summed E-state index contributed by atoms with van der Waals surface area (Å²) in [4.78, 5) is 12.8. The molecule has 2 aliphatic carbocycles. The van der Waals surface area contributed by atoms with Crippen LogP contribution in [-0.2, 0) is 10.3 Å². The summed E-state index contributed by atoms with van der Waals surface area (Å²) >= 11 is 0. The van der Waals surface area contributed by atoms with E-state index in [9.17, 15) is 9.90 Å². The van der Waals surface area contributed by atoms with Gasteiger partial charge in [-0.2, -0.15) is 0 Å². The van der Waals surface area contributed by atoms with Crippen LogP contribution in [0.3, 0.4) is 0 Å². The zero-order valence-corrected chi connectivity index (χ0v) is 9.67. The van der Waals surface area contributed by atoms with E-state index in [2.05, 4.69) is 15.4 Å². The van der Waals surface area contributed by atoms with Gasteiger partial charge in [-0.25, -0.2) is 4.79 Å². The normalized spacial score (nSPS) is 23.5. The summed E-state index contributed by atoms with van der Waals surface area (Å²) in [7, 11) is 0. The molecule has 0 amide bonds. The molecule has 0 spiro atoms. The third-order valence-electron chi connectivity index (χ3n) is 4.11. The van der Waals surface area contributed by atoms with Crippen LogP contribution in [-0.4, -0.2) is 31.3 Å². The Balaban J connectivity index is 1.90. The average Bonchev–Trinajstić information content (AvgIpc) is 2.81. The van der Waals surface area contributed by atoms with Crippen molar-refractivity contribution in [1.82, 2.24) is 20.2 Å². The Bertz CT molecular complexity index is 432. The number of aliphatic carboxylic acids is 1. The summed E-state index contributed by atoms with van der Waals surface area (Å²) in [6.07, 6.45) is 6.49. The summed E-state index contributed by atoms with van der Waals surface area (Å²) in [5, 5.41) is 21.7. The van der Waals surface area contributed by atoms with E-state index in [1.807, 2.05) is 0 Å². The molecule has 92 valence electrons. The number of aromatic nitrogens is 4. The smallest absolute Gasteiger partial charge is 0.333 e. The number of nitrogens with zero attached hydrogens (tertiary/aromatic N) is 4. The van der Waals surface area contributed by atoms with Crippen molar-refractivity contribution in [3.63, 3.8) is 0 Å². The Labute approximate surface area is 99.0 Å². The zero-order chi connectivity index (χ0) is 11.9. The van der Waals surface area contributed by atoms with Crippen LogP contribution in [0, 0.1) is 0 Å².